The lowest BCUT2D eigenvalue weighted by Gasteiger charge is -2.12. The molecule has 0 spiro atoms. The second-order valence-corrected chi connectivity index (χ2v) is 6.79. The number of ketones is 1. The van der Waals surface area contributed by atoms with Gasteiger partial charge in [0, 0.05) is 9.37 Å². The molecular formula is C17H17BrO2S. The van der Waals surface area contributed by atoms with Crippen LogP contribution < -0.4 is 4.74 Å². The highest BCUT2D eigenvalue weighted by atomic mass is 79.9. The van der Waals surface area contributed by atoms with Gasteiger partial charge in [-0.3, -0.25) is 4.79 Å². The van der Waals surface area contributed by atoms with Crippen molar-refractivity contribution in [3.05, 3.63) is 57.6 Å². The van der Waals surface area contributed by atoms with Crippen molar-refractivity contribution in [1.29, 1.82) is 0 Å². The van der Waals surface area contributed by atoms with Gasteiger partial charge in [0.2, 0.25) is 0 Å². The first kappa shape index (κ1) is 16.1. The van der Waals surface area contributed by atoms with Crippen LogP contribution in [0.1, 0.15) is 21.5 Å². The van der Waals surface area contributed by atoms with Gasteiger partial charge in [0.15, 0.2) is 5.78 Å². The summed E-state index contributed by atoms with van der Waals surface area (Å²) in [5, 5.41) is 0. The molecule has 0 aliphatic heterocycles. The first-order valence-corrected chi connectivity index (χ1v) is 8.36. The van der Waals surface area contributed by atoms with Gasteiger partial charge in [0.1, 0.15) is 5.75 Å². The minimum absolute atomic E-state index is 0.0920. The van der Waals surface area contributed by atoms with E-state index in [-0.39, 0.29) is 5.78 Å². The summed E-state index contributed by atoms with van der Waals surface area (Å²) in [6, 6.07) is 11.9. The Morgan fingerprint density at radius 1 is 1.24 bits per heavy atom. The minimum Gasteiger partial charge on any atom is -0.496 e. The highest BCUT2D eigenvalue weighted by Gasteiger charge is 2.16. The van der Waals surface area contributed by atoms with E-state index in [2.05, 4.69) is 15.9 Å². The zero-order valence-corrected chi connectivity index (χ0v) is 14.7. The highest BCUT2D eigenvalue weighted by Crippen LogP contribution is 2.28. The quantitative estimate of drug-likeness (QED) is 0.548. The average molecular weight is 365 g/mol. The lowest BCUT2D eigenvalue weighted by atomic mass is 10.0. The first-order valence-electron chi connectivity index (χ1n) is 6.58. The van der Waals surface area contributed by atoms with Gasteiger partial charge in [-0.2, -0.15) is 0 Å². The zero-order chi connectivity index (χ0) is 15.4. The van der Waals surface area contributed by atoms with E-state index in [1.54, 1.807) is 7.11 Å². The number of methoxy groups -OCH3 is 1. The summed E-state index contributed by atoms with van der Waals surface area (Å²) < 4.78 is 6.38. The summed E-state index contributed by atoms with van der Waals surface area (Å²) in [5.41, 5.74) is 2.75. The summed E-state index contributed by atoms with van der Waals surface area (Å²) in [4.78, 5) is 13.6. The van der Waals surface area contributed by atoms with E-state index >= 15 is 0 Å². The number of benzene rings is 2. The van der Waals surface area contributed by atoms with Crippen LogP contribution in [0, 0.1) is 13.8 Å². The maximum atomic E-state index is 12.5. The molecule has 2 aromatic carbocycles. The van der Waals surface area contributed by atoms with Gasteiger partial charge in [-0.05, 0) is 49.2 Å². The number of hydrogen-bond acceptors (Lipinski definition) is 3. The molecular weight excluding hydrogens is 348 g/mol. The molecule has 2 rings (SSSR count). The number of ether oxygens (including phenoxy) is 1. The molecule has 0 N–H and O–H groups in total. The Hall–Kier alpha value is -1.26. The third-order valence-corrected chi connectivity index (χ3v) is 4.60. The van der Waals surface area contributed by atoms with Crippen LogP contribution in [-0.4, -0.2) is 18.6 Å². The van der Waals surface area contributed by atoms with Crippen LogP contribution in [0.5, 0.6) is 5.75 Å². The van der Waals surface area contributed by atoms with Gasteiger partial charge < -0.3 is 4.74 Å². The van der Waals surface area contributed by atoms with Crippen molar-refractivity contribution in [2.24, 2.45) is 0 Å². The molecule has 110 valence electrons. The fraction of sp³-hybridized carbons (Fsp3) is 0.235. The molecule has 0 fully saturated rings. The monoisotopic (exact) mass is 364 g/mol. The van der Waals surface area contributed by atoms with Gasteiger partial charge in [0.25, 0.3) is 0 Å². The summed E-state index contributed by atoms with van der Waals surface area (Å²) in [5.74, 6) is 1.15. The molecule has 0 radical (unpaired) electrons. The molecule has 0 aliphatic carbocycles. The Bertz CT molecular complexity index is 668. The normalized spacial score (nSPS) is 10.5. The Balaban J connectivity index is 2.17. The molecule has 0 amide bonds. The van der Waals surface area contributed by atoms with Gasteiger partial charge >= 0.3 is 0 Å². The Kier molecular flexibility index (Phi) is 5.48. The minimum atomic E-state index is 0.0920. The molecule has 2 nitrogen and oxygen atoms in total. The average Bonchev–Trinajstić information content (AvgIpc) is 2.44. The van der Waals surface area contributed by atoms with Crippen molar-refractivity contribution in [1.82, 2.24) is 0 Å². The molecule has 0 aliphatic rings. The number of hydrogen-bond donors (Lipinski definition) is 0. The van der Waals surface area contributed by atoms with Gasteiger partial charge in [-0.1, -0.05) is 28.1 Å². The van der Waals surface area contributed by atoms with E-state index in [9.17, 15) is 4.79 Å². The number of rotatable bonds is 5. The molecule has 0 atom stereocenters. The molecule has 0 saturated heterocycles. The predicted octanol–water partition coefficient (Wildman–Crippen LogP) is 5.05. The molecule has 0 bridgehead atoms. The van der Waals surface area contributed by atoms with E-state index in [0.717, 1.165) is 20.5 Å². The maximum Gasteiger partial charge on any atom is 0.177 e. The number of thioether (sulfide) groups is 1. The molecule has 0 aromatic heterocycles. The van der Waals surface area contributed by atoms with Crippen LogP contribution in [0.15, 0.2) is 45.8 Å². The van der Waals surface area contributed by atoms with Crippen molar-refractivity contribution < 1.29 is 9.53 Å². The fourth-order valence-electron chi connectivity index (χ4n) is 2.22. The van der Waals surface area contributed by atoms with Crippen molar-refractivity contribution in [3.8, 4) is 5.75 Å². The van der Waals surface area contributed by atoms with Crippen LogP contribution in [0.4, 0.5) is 0 Å². The van der Waals surface area contributed by atoms with Crippen LogP contribution in [0.3, 0.4) is 0 Å². The second-order valence-electron chi connectivity index (χ2n) is 4.83. The van der Waals surface area contributed by atoms with Crippen LogP contribution >= 0.6 is 27.7 Å². The van der Waals surface area contributed by atoms with Crippen LogP contribution in [-0.2, 0) is 0 Å². The standard InChI is InChI=1S/C17H17BrO2S/c1-11-7-12(2)17(16(8-11)20-3)15(19)10-21-14-6-4-5-13(18)9-14/h4-9H,10H2,1-3H3. The number of Topliss-reactive ketones (excluding diaryl/α,β-unsaturated/α-hetero) is 1. The van der Waals surface area contributed by atoms with Crippen LogP contribution in [0.25, 0.3) is 0 Å². The first-order chi connectivity index (χ1) is 10.0. The van der Waals surface area contributed by atoms with Crippen molar-refractivity contribution in [2.75, 3.05) is 12.9 Å². The molecule has 4 heteroatoms. The SMILES string of the molecule is COc1cc(C)cc(C)c1C(=O)CSc1cccc(Br)c1. The third kappa shape index (κ3) is 4.11. The van der Waals surface area contributed by atoms with Crippen LogP contribution in [0.2, 0.25) is 0 Å². The number of halogens is 1. The zero-order valence-electron chi connectivity index (χ0n) is 12.3. The Labute approximate surface area is 138 Å². The van der Waals surface area contributed by atoms with E-state index in [1.165, 1.54) is 11.8 Å². The predicted molar refractivity (Wildman–Crippen MR) is 91.7 cm³/mol. The fourth-order valence-corrected chi connectivity index (χ4v) is 3.60. The summed E-state index contributed by atoms with van der Waals surface area (Å²) >= 11 is 4.97. The van der Waals surface area contributed by atoms with Gasteiger partial charge in [-0.15, -0.1) is 11.8 Å². The lowest BCUT2D eigenvalue weighted by molar-refractivity contribution is 0.101. The molecule has 2 aromatic rings. The van der Waals surface area contributed by atoms with Crippen molar-refractivity contribution in [2.45, 2.75) is 18.7 Å². The van der Waals surface area contributed by atoms with Gasteiger partial charge in [-0.25, -0.2) is 0 Å². The summed E-state index contributed by atoms with van der Waals surface area (Å²) in [7, 11) is 1.60. The van der Waals surface area contributed by atoms with E-state index in [1.807, 2.05) is 50.2 Å². The molecule has 21 heavy (non-hydrogen) atoms. The van der Waals surface area contributed by atoms with E-state index in [4.69, 9.17) is 4.74 Å². The highest BCUT2D eigenvalue weighted by molar-refractivity contribution is 9.10. The number of aryl methyl sites for hydroxylation is 2. The number of carbonyl (C=O) groups is 1. The Morgan fingerprint density at radius 2 is 2.00 bits per heavy atom. The Morgan fingerprint density at radius 3 is 2.67 bits per heavy atom. The topological polar surface area (TPSA) is 26.3 Å². The summed E-state index contributed by atoms with van der Waals surface area (Å²) in [6.45, 7) is 3.95. The molecule has 0 saturated carbocycles. The lowest BCUT2D eigenvalue weighted by Crippen LogP contribution is -2.08. The summed E-state index contributed by atoms with van der Waals surface area (Å²) in [6.07, 6.45) is 0. The van der Waals surface area contributed by atoms with Gasteiger partial charge in [0.05, 0.1) is 18.4 Å². The molecule has 0 unspecified atom stereocenters. The maximum absolute atomic E-state index is 12.5. The third-order valence-electron chi connectivity index (χ3n) is 3.11. The smallest absolute Gasteiger partial charge is 0.177 e. The number of carbonyl (C=O) groups excluding carboxylic acids is 1. The molecule has 0 heterocycles. The van der Waals surface area contributed by atoms with E-state index in [0.29, 0.717) is 17.1 Å². The van der Waals surface area contributed by atoms with Crippen molar-refractivity contribution in [3.63, 3.8) is 0 Å². The van der Waals surface area contributed by atoms with Crippen molar-refractivity contribution >= 4 is 33.5 Å². The van der Waals surface area contributed by atoms with E-state index < -0.39 is 0 Å². The largest absolute Gasteiger partial charge is 0.496 e. The second kappa shape index (κ2) is 7.14.